The van der Waals surface area contributed by atoms with Crippen molar-refractivity contribution < 1.29 is 19.1 Å². The molecular weight excluding hydrogens is 364 g/mol. The Morgan fingerprint density at radius 3 is 2.56 bits per heavy atom. The summed E-state index contributed by atoms with van der Waals surface area (Å²) in [5.74, 6) is -0.794. The van der Waals surface area contributed by atoms with Gasteiger partial charge in [-0.15, -0.1) is 11.3 Å². The van der Waals surface area contributed by atoms with Crippen molar-refractivity contribution in [3.63, 3.8) is 0 Å². The third-order valence-corrected chi connectivity index (χ3v) is 5.23. The monoisotopic (exact) mass is 384 g/mol. The molecule has 0 saturated carbocycles. The van der Waals surface area contributed by atoms with Crippen LogP contribution in [-0.4, -0.2) is 23.5 Å². The molecule has 3 N–H and O–H groups in total. The van der Waals surface area contributed by atoms with E-state index in [4.69, 9.17) is 4.42 Å². The number of amides is 2. The van der Waals surface area contributed by atoms with Gasteiger partial charge >= 0.3 is 11.8 Å². The number of carbonyl (C=O) groups is 2. The van der Waals surface area contributed by atoms with Gasteiger partial charge < -0.3 is 20.2 Å². The number of rotatable bonds is 6. The van der Waals surface area contributed by atoms with Gasteiger partial charge in [0.05, 0.1) is 17.2 Å². The molecule has 1 aromatic carbocycles. The smallest absolute Gasteiger partial charge is 0.309 e. The Hall–Kier alpha value is -2.90. The molecule has 0 spiro atoms. The van der Waals surface area contributed by atoms with Gasteiger partial charge in [0.25, 0.3) is 0 Å². The Morgan fingerprint density at radius 2 is 1.85 bits per heavy atom. The van der Waals surface area contributed by atoms with Crippen molar-refractivity contribution in [2.24, 2.45) is 0 Å². The van der Waals surface area contributed by atoms with Crippen LogP contribution in [0.4, 0.5) is 0 Å². The van der Waals surface area contributed by atoms with E-state index in [9.17, 15) is 14.7 Å². The third-order valence-electron chi connectivity index (χ3n) is 4.03. The first kappa shape index (κ1) is 18.9. The molecule has 2 heterocycles. The van der Waals surface area contributed by atoms with Crippen LogP contribution in [0, 0.1) is 0 Å². The number of carbonyl (C=O) groups excluding carboxylic acids is 2. The standard InChI is InChI=1S/C20H20N2O4S/c1-13(14-6-3-2-4-7-14)22-20(25)19(24)21-12-15(23)17-9-10-18(27-17)16-8-5-11-26-16/h2-11,13,15,23H,12H2,1H3,(H,21,24)(H,22,25). The van der Waals surface area contributed by atoms with Crippen molar-refractivity contribution in [3.05, 3.63) is 71.3 Å². The van der Waals surface area contributed by atoms with E-state index in [1.807, 2.05) is 42.5 Å². The van der Waals surface area contributed by atoms with E-state index in [0.717, 1.165) is 16.2 Å². The van der Waals surface area contributed by atoms with Gasteiger partial charge in [-0.1, -0.05) is 30.3 Å². The predicted molar refractivity (Wildman–Crippen MR) is 103 cm³/mol. The molecule has 27 heavy (non-hydrogen) atoms. The molecule has 2 unspecified atom stereocenters. The van der Waals surface area contributed by atoms with Crippen LogP contribution >= 0.6 is 11.3 Å². The van der Waals surface area contributed by atoms with Crippen LogP contribution in [0.1, 0.15) is 29.5 Å². The zero-order valence-corrected chi connectivity index (χ0v) is 15.5. The Labute approximate surface area is 160 Å². The first-order valence-corrected chi connectivity index (χ1v) is 9.31. The van der Waals surface area contributed by atoms with E-state index in [2.05, 4.69) is 10.6 Å². The van der Waals surface area contributed by atoms with Crippen LogP contribution in [0.15, 0.2) is 65.3 Å². The molecule has 3 aromatic rings. The molecule has 0 radical (unpaired) electrons. The first-order chi connectivity index (χ1) is 13.0. The molecular formula is C20H20N2O4S. The highest BCUT2D eigenvalue weighted by molar-refractivity contribution is 7.15. The largest absolute Gasteiger partial charge is 0.464 e. The third kappa shape index (κ3) is 4.84. The Balaban J connectivity index is 1.50. The van der Waals surface area contributed by atoms with Gasteiger partial charge in [0, 0.05) is 11.4 Å². The van der Waals surface area contributed by atoms with Gasteiger partial charge in [-0.3, -0.25) is 9.59 Å². The lowest BCUT2D eigenvalue weighted by atomic mass is 10.1. The second-order valence-electron chi connectivity index (χ2n) is 6.01. The lowest BCUT2D eigenvalue weighted by Crippen LogP contribution is -2.42. The minimum atomic E-state index is -0.901. The maximum absolute atomic E-state index is 12.0. The van der Waals surface area contributed by atoms with E-state index < -0.39 is 17.9 Å². The van der Waals surface area contributed by atoms with Gasteiger partial charge in [0.15, 0.2) is 0 Å². The summed E-state index contributed by atoms with van der Waals surface area (Å²) < 4.78 is 5.32. The number of nitrogens with one attached hydrogen (secondary N) is 2. The molecule has 2 atom stereocenters. The quantitative estimate of drug-likeness (QED) is 0.570. The first-order valence-electron chi connectivity index (χ1n) is 8.50. The topological polar surface area (TPSA) is 91.6 Å². The molecule has 0 aliphatic rings. The summed E-state index contributed by atoms with van der Waals surface area (Å²) in [7, 11) is 0. The highest BCUT2D eigenvalue weighted by Crippen LogP contribution is 2.31. The van der Waals surface area contributed by atoms with Crippen LogP contribution in [0.25, 0.3) is 10.6 Å². The maximum atomic E-state index is 12.0. The van der Waals surface area contributed by atoms with Gasteiger partial charge in [-0.2, -0.15) is 0 Å². The van der Waals surface area contributed by atoms with Gasteiger partial charge in [-0.05, 0) is 36.8 Å². The summed E-state index contributed by atoms with van der Waals surface area (Å²) in [5.41, 5.74) is 0.905. The average Bonchev–Trinajstić information content (AvgIpc) is 3.37. The van der Waals surface area contributed by atoms with Gasteiger partial charge in [0.2, 0.25) is 0 Å². The van der Waals surface area contributed by atoms with E-state index in [0.29, 0.717) is 4.88 Å². The molecule has 0 saturated heterocycles. The average molecular weight is 384 g/mol. The number of furan rings is 1. The fourth-order valence-corrected chi connectivity index (χ4v) is 3.50. The molecule has 0 aliphatic heterocycles. The zero-order chi connectivity index (χ0) is 19.2. The molecule has 7 heteroatoms. The zero-order valence-electron chi connectivity index (χ0n) is 14.7. The molecule has 0 fully saturated rings. The van der Waals surface area contributed by atoms with Crippen LogP contribution in [0.2, 0.25) is 0 Å². The van der Waals surface area contributed by atoms with Gasteiger partial charge in [0.1, 0.15) is 11.9 Å². The minimum Gasteiger partial charge on any atom is -0.464 e. The summed E-state index contributed by atoms with van der Waals surface area (Å²) in [4.78, 5) is 25.6. The summed E-state index contributed by atoms with van der Waals surface area (Å²) in [6.45, 7) is 1.75. The molecule has 2 amide bonds. The SMILES string of the molecule is CC(NC(=O)C(=O)NCC(O)c1ccc(-c2ccco2)s1)c1ccccc1. The highest BCUT2D eigenvalue weighted by atomic mass is 32.1. The molecule has 0 bridgehead atoms. The van der Waals surface area contributed by atoms with Crippen molar-refractivity contribution in [3.8, 4) is 10.6 Å². The lowest BCUT2D eigenvalue weighted by molar-refractivity contribution is -0.139. The summed E-state index contributed by atoms with van der Waals surface area (Å²) in [6, 6.07) is 16.3. The second kappa shape index (κ2) is 8.66. The Bertz CT molecular complexity index is 890. The van der Waals surface area contributed by atoms with Crippen molar-refractivity contribution in [2.45, 2.75) is 19.1 Å². The van der Waals surface area contributed by atoms with Crippen LogP contribution in [0.3, 0.4) is 0 Å². The van der Waals surface area contributed by atoms with Crippen LogP contribution < -0.4 is 10.6 Å². The Kier molecular flexibility index (Phi) is 6.05. The van der Waals surface area contributed by atoms with Gasteiger partial charge in [-0.25, -0.2) is 0 Å². The second-order valence-corrected chi connectivity index (χ2v) is 7.13. The van der Waals surface area contributed by atoms with Crippen LogP contribution in [0.5, 0.6) is 0 Å². The number of hydrogen-bond acceptors (Lipinski definition) is 5. The van der Waals surface area contributed by atoms with E-state index in [-0.39, 0.29) is 12.6 Å². The number of benzene rings is 1. The number of aliphatic hydroxyl groups excluding tert-OH is 1. The van der Waals surface area contributed by atoms with E-state index in [1.165, 1.54) is 11.3 Å². The molecule has 0 aliphatic carbocycles. The van der Waals surface area contributed by atoms with Crippen LogP contribution in [-0.2, 0) is 9.59 Å². The van der Waals surface area contributed by atoms with E-state index >= 15 is 0 Å². The maximum Gasteiger partial charge on any atom is 0.309 e. The molecule has 6 nitrogen and oxygen atoms in total. The lowest BCUT2D eigenvalue weighted by Gasteiger charge is -2.15. The van der Waals surface area contributed by atoms with Crippen molar-refractivity contribution in [2.75, 3.05) is 6.54 Å². The predicted octanol–water partition coefficient (Wildman–Crippen LogP) is 3.04. The molecule has 2 aromatic heterocycles. The molecule has 140 valence electrons. The molecule has 3 rings (SSSR count). The minimum absolute atomic E-state index is 0.0515. The fraction of sp³-hybridized carbons (Fsp3) is 0.200. The van der Waals surface area contributed by atoms with Crippen molar-refractivity contribution in [1.29, 1.82) is 0 Å². The normalized spacial score (nSPS) is 13.0. The summed E-state index contributed by atoms with van der Waals surface area (Å²) >= 11 is 1.37. The van der Waals surface area contributed by atoms with E-state index in [1.54, 1.807) is 25.3 Å². The number of hydrogen-bond donors (Lipinski definition) is 3. The Morgan fingerprint density at radius 1 is 1.07 bits per heavy atom. The van der Waals surface area contributed by atoms with Crippen molar-refractivity contribution >= 4 is 23.2 Å². The number of aliphatic hydroxyl groups is 1. The number of thiophene rings is 1. The fourth-order valence-electron chi connectivity index (χ4n) is 2.54. The highest BCUT2D eigenvalue weighted by Gasteiger charge is 2.19. The summed E-state index contributed by atoms with van der Waals surface area (Å²) in [6.07, 6.45) is 0.683. The van der Waals surface area contributed by atoms with Crippen molar-refractivity contribution in [1.82, 2.24) is 10.6 Å². The summed E-state index contributed by atoms with van der Waals surface area (Å²) in [5, 5.41) is 15.4.